The molecule has 1 saturated heterocycles. The lowest BCUT2D eigenvalue weighted by Gasteiger charge is -2.25. The third-order valence-electron chi connectivity index (χ3n) is 6.67. The number of ketones is 1. The van der Waals surface area contributed by atoms with Crippen molar-refractivity contribution in [2.45, 2.75) is 38.8 Å². The van der Waals surface area contributed by atoms with E-state index in [9.17, 15) is 14.7 Å². The number of hydrogen-bond acceptors (Lipinski definition) is 5. The number of methoxy groups -OCH3 is 1. The van der Waals surface area contributed by atoms with Gasteiger partial charge in [0.15, 0.2) is 0 Å². The predicted octanol–water partition coefficient (Wildman–Crippen LogP) is 5.21. The SMILES string of the molecule is CCc1ccc(N2C(=O)C(=O)/C(=C(\O)c3ccc4c(c3)CC(C)O4)C2c2ccc(OC)cc2)cc1. The first kappa shape index (κ1) is 22.7. The van der Waals surface area contributed by atoms with Crippen LogP contribution in [0, 0.1) is 0 Å². The topological polar surface area (TPSA) is 76.1 Å². The Morgan fingerprint density at radius 1 is 1.06 bits per heavy atom. The number of hydrogen-bond donors (Lipinski definition) is 1. The van der Waals surface area contributed by atoms with Crippen LogP contribution < -0.4 is 14.4 Å². The zero-order chi connectivity index (χ0) is 24.7. The maximum Gasteiger partial charge on any atom is 0.300 e. The van der Waals surface area contributed by atoms with Gasteiger partial charge in [-0.1, -0.05) is 31.2 Å². The molecule has 3 aromatic rings. The Bertz CT molecular complexity index is 1320. The maximum atomic E-state index is 13.4. The van der Waals surface area contributed by atoms with Crippen LogP contribution in [-0.4, -0.2) is 30.0 Å². The number of fused-ring (bicyclic) bond motifs is 1. The molecule has 1 N–H and O–H groups in total. The van der Waals surface area contributed by atoms with Crippen LogP contribution in [0.4, 0.5) is 5.69 Å². The van der Waals surface area contributed by atoms with Gasteiger partial charge in [0.1, 0.15) is 23.4 Å². The minimum atomic E-state index is -0.781. The third-order valence-corrected chi connectivity index (χ3v) is 6.67. The van der Waals surface area contributed by atoms with Crippen molar-refractivity contribution < 1.29 is 24.2 Å². The van der Waals surface area contributed by atoms with E-state index in [0.717, 1.165) is 29.7 Å². The Balaban J connectivity index is 1.66. The van der Waals surface area contributed by atoms with Crippen molar-refractivity contribution in [2.24, 2.45) is 0 Å². The first-order chi connectivity index (χ1) is 16.9. The van der Waals surface area contributed by atoms with E-state index in [1.54, 1.807) is 31.4 Å². The second-order valence-electron chi connectivity index (χ2n) is 8.92. The molecule has 1 amide bonds. The molecule has 178 valence electrons. The standard InChI is InChI=1S/C29H27NO5/c1-4-18-5-10-22(11-6-18)30-26(19-7-12-23(34-3)13-8-19)25(28(32)29(30)33)27(31)20-9-14-24-21(16-20)15-17(2)35-24/h5-14,16-17,26,31H,4,15H2,1-3H3/b27-25-. The van der Waals surface area contributed by atoms with E-state index in [1.807, 2.05) is 49.4 Å². The number of anilines is 1. The molecule has 2 heterocycles. The number of aryl methyl sites for hydroxylation is 1. The number of benzene rings is 3. The Kier molecular flexibility index (Phi) is 5.81. The molecular weight excluding hydrogens is 442 g/mol. The quantitative estimate of drug-likeness (QED) is 0.316. The van der Waals surface area contributed by atoms with Crippen LogP contribution in [0.15, 0.2) is 72.3 Å². The lowest BCUT2D eigenvalue weighted by molar-refractivity contribution is -0.132. The Morgan fingerprint density at radius 3 is 2.43 bits per heavy atom. The highest BCUT2D eigenvalue weighted by Crippen LogP contribution is 2.43. The van der Waals surface area contributed by atoms with Gasteiger partial charge in [-0.05, 0) is 72.5 Å². The summed E-state index contributed by atoms with van der Waals surface area (Å²) in [6.45, 7) is 4.04. The molecule has 2 unspecified atom stereocenters. The van der Waals surface area contributed by atoms with Crippen molar-refractivity contribution in [3.05, 3.63) is 94.6 Å². The van der Waals surface area contributed by atoms with Crippen molar-refractivity contribution in [3.63, 3.8) is 0 Å². The fraction of sp³-hybridized carbons (Fsp3) is 0.241. The van der Waals surface area contributed by atoms with Gasteiger partial charge in [-0.2, -0.15) is 0 Å². The molecule has 1 fully saturated rings. The van der Waals surface area contributed by atoms with E-state index in [0.29, 0.717) is 22.6 Å². The van der Waals surface area contributed by atoms with E-state index in [4.69, 9.17) is 9.47 Å². The summed E-state index contributed by atoms with van der Waals surface area (Å²) in [6, 6.07) is 19.3. The van der Waals surface area contributed by atoms with Crippen molar-refractivity contribution in [1.82, 2.24) is 0 Å². The van der Waals surface area contributed by atoms with Crippen LogP contribution >= 0.6 is 0 Å². The zero-order valence-electron chi connectivity index (χ0n) is 19.9. The van der Waals surface area contributed by atoms with E-state index in [-0.39, 0.29) is 17.4 Å². The van der Waals surface area contributed by atoms with Gasteiger partial charge >= 0.3 is 0 Å². The van der Waals surface area contributed by atoms with Crippen molar-refractivity contribution >= 4 is 23.1 Å². The van der Waals surface area contributed by atoms with Crippen LogP contribution in [0.2, 0.25) is 0 Å². The van der Waals surface area contributed by atoms with Gasteiger partial charge in [0.25, 0.3) is 11.7 Å². The van der Waals surface area contributed by atoms with Crippen molar-refractivity contribution in [3.8, 4) is 11.5 Å². The summed E-state index contributed by atoms with van der Waals surface area (Å²) in [5.74, 6) is -0.148. The minimum absolute atomic E-state index is 0.0540. The molecule has 0 spiro atoms. The first-order valence-electron chi connectivity index (χ1n) is 11.7. The largest absolute Gasteiger partial charge is 0.507 e. The molecule has 0 aliphatic carbocycles. The summed E-state index contributed by atoms with van der Waals surface area (Å²) >= 11 is 0. The number of aliphatic hydroxyl groups is 1. The van der Waals surface area contributed by atoms with Crippen LogP contribution in [-0.2, 0) is 22.4 Å². The highest BCUT2D eigenvalue weighted by Gasteiger charge is 2.47. The summed E-state index contributed by atoms with van der Waals surface area (Å²) in [7, 11) is 1.58. The average molecular weight is 470 g/mol. The summed E-state index contributed by atoms with van der Waals surface area (Å²) in [6.07, 6.45) is 1.64. The van der Waals surface area contributed by atoms with Gasteiger partial charge in [0, 0.05) is 17.7 Å². The van der Waals surface area contributed by atoms with Gasteiger partial charge < -0.3 is 14.6 Å². The molecule has 3 aromatic carbocycles. The van der Waals surface area contributed by atoms with Crippen LogP contribution in [0.3, 0.4) is 0 Å². The summed E-state index contributed by atoms with van der Waals surface area (Å²) in [4.78, 5) is 28.2. The predicted molar refractivity (Wildman–Crippen MR) is 134 cm³/mol. The monoisotopic (exact) mass is 469 g/mol. The minimum Gasteiger partial charge on any atom is -0.507 e. The van der Waals surface area contributed by atoms with Gasteiger partial charge in [0.05, 0.1) is 18.7 Å². The maximum absolute atomic E-state index is 13.4. The highest BCUT2D eigenvalue weighted by molar-refractivity contribution is 6.51. The van der Waals surface area contributed by atoms with E-state index in [2.05, 4.69) is 6.92 Å². The normalized spacial score (nSPS) is 20.6. The number of aliphatic hydroxyl groups excluding tert-OH is 1. The molecule has 2 aliphatic heterocycles. The Morgan fingerprint density at radius 2 is 1.77 bits per heavy atom. The lowest BCUT2D eigenvalue weighted by atomic mass is 9.94. The molecule has 2 atom stereocenters. The smallest absolute Gasteiger partial charge is 0.300 e. The van der Waals surface area contributed by atoms with E-state index >= 15 is 0 Å². The number of carbonyl (C=O) groups is 2. The van der Waals surface area contributed by atoms with Gasteiger partial charge in [-0.25, -0.2) is 0 Å². The highest BCUT2D eigenvalue weighted by atomic mass is 16.5. The van der Waals surface area contributed by atoms with Crippen LogP contribution in [0.1, 0.15) is 42.1 Å². The second kappa shape index (κ2) is 8.95. The van der Waals surface area contributed by atoms with E-state index in [1.165, 1.54) is 4.90 Å². The molecule has 6 heteroatoms. The third kappa shape index (κ3) is 3.95. The fourth-order valence-electron chi connectivity index (χ4n) is 4.82. The van der Waals surface area contributed by atoms with Gasteiger partial charge in [-0.15, -0.1) is 0 Å². The van der Waals surface area contributed by atoms with Crippen molar-refractivity contribution in [1.29, 1.82) is 0 Å². The summed E-state index contributed by atoms with van der Waals surface area (Å²) in [5.41, 5.74) is 3.93. The molecule has 0 radical (unpaired) electrons. The number of nitrogens with zero attached hydrogens (tertiary/aromatic N) is 1. The van der Waals surface area contributed by atoms with Gasteiger partial charge in [-0.3, -0.25) is 14.5 Å². The fourth-order valence-corrected chi connectivity index (χ4v) is 4.82. The van der Waals surface area contributed by atoms with Gasteiger partial charge in [0.2, 0.25) is 0 Å². The van der Waals surface area contributed by atoms with Crippen LogP contribution in [0.5, 0.6) is 11.5 Å². The molecule has 5 rings (SSSR count). The number of ether oxygens (including phenoxy) is 2. The molecule has 0 bridgehead atoms. The molecule has 2 aliphatic rings. The number of amides is 1. The lowest BCUT2D eigenvalue weighted by Crippen LogP contribution is -2.29. The summed E-state index contributed by atoms with van der Waals surface area (Å²) in [5, 5.41) is 11.4. The average Bonchev–Trinajstić information content (AvgIpc) is 3.39. The number of carbonyl (C=O) groups excluding carboxylic acids is 2. The number of Topliss-reactive ketones (excluding diaryl/α,β-unsaturated/α-hetero) is 1. The molecule has 0 saturated carbocycles. The molecular formula is C29H27NO5. The Hall–Kier alpha value is -4.06. The zero-order valence-corrected chi connectivity index (χ0v) is 19.9. The Labute approximate surface area is 204 Å². The second-order valence-corrected chi connectivity index (χ2v) is 8.92. The molecule has 6 nitrogen and oxygen atoms in total. The van der Waals surface area contributed by atoms with Crippen molar-refractivity contribution in [2.75, 3.05) is 12.0 Å². The van der Waals surface area contributed by atoms with E-state index < -0.39 is 17.7 Å². The number of rotatable bonds is 5. The first-order valence-corrected chi connectivity index (χ1v) is 11.7. The van der Waals surface area contributed by atoms with Crippen LogP contribution in [0.25, 0.3) is 5.76 Å². The molecule has 35 heavy (non-hydrogen) atoms. The summed E-state index contributed by atoms with van der Waals surface area (Å²) < 4.78 is 11.1. The molecule has 0 aromatic heterocycles.